The molecule has 0 aromatic carbocycles. The number of ether oxygens (including phenoxy) is 2. The predicted octanol–water partition coefficient (Wildman–Crippen LogP) is -1.12. The highest BCUT2D eigenvalue weighted by Crippen LogP contribution is 2.22. The molecule has 7 nitrogen and oxygen atoms in total. The second-order valence-electron chi connectivity index (χ2n) is 4.02. The molecule has 87 valence electrons. The molecule has 1 fully saturated rings. The lowest BCUT2D eigenvalue weighted by Crippen LogP contribution is -2.39. The number of hydrogen-bond donors (Lipinski definition) is 1. The van der Waals surface area contributed by atoms with Gasteiger partial charge in [-0.25, -0.2) is 5.10 Å². The number of rotatable bonds is 2. The van der Waals surface area contributed by atoms with Crippen molar-refractivity contribution >= 4 is 0 Å². The molecule has 0 aliphatic carbocycles. The summed E-state index contributed by atoms with van der Waals surface area (Å²) in [4.78, 5) is 22.4. The summed E-state index contributed by atoms with van der Waals surface area (Å²) in [7, 11) is 0. The Morgan fingerprint density at radius 3 is 3.00 bits per heavy atom. The molecule has 1 atom stereocenters. The van der Waals surface area contributed by atoms with E-state index in [4.69, 9.17) is 9.47 Å². The third-order valence-corrected chi connectivity index (χ3v) is 2.22. The lowest BCUT2D eigenvalue weighted by Gasteiger charge is -2.17. The quantitative estimate of drug-likeness (QED) is 0.646. The van der Waals surface area contributed by atoms with Gasteiger partial charge in [0.1, 0.15) is 6.10 Å². The fourth-order valence-corrected chi connectivity index (χ4v) is 1.53. The molecule has 2 rings (SSSR count). The highest BCUT2D eigenvalue weighted by atomic mass is 16.7. The van der Waals surface area contributed by atoms with Gasteiger partial charge in [0.2, 0.25) is 6.33 Å². The van der Waals surface area contributed by atoms with Gasteiger partial charge in [-0.2, -0.15) is 5.10 Å². The second kappa shape index (κ2) is 3.84. The van der Waals surface area contributed by atoms with Gasteiger partial charge in [0.15, 0.2) is 5.79 Å². The fourth-order valence-electron chi connectivity index (χ4n) is 1.53. The molecule has 0 spiro atoms. The molecule has 2 heterocycles. The third kappa shape index (κ3) is 2.20. The first-order valence-electron chi connectivity index (χ1n) is 4.87. The van der Waals surface area contributed by atoms with Crippen LogP contribution in [0.4, 0.5) is 0 Å². The molecule has 1 aliphatic rings. The van der Waals surface area contributed by atoms with Gasteiger partial charge in [-0.05, 0) is 13.8 Å². The molecule has 0 amide bonds. The number of aromatic nitrogens is 3. The van der Waals surface area contributed by atoms with E-state index in [1.54, 1.807) is 13.8 Å². The molecule has 1 aromatic heterocycles. The van der Waals surface area contributed by atoms with Gasteiger partial charge in [-0.3, -0.25) is 14.2 Å². The monoisotopic (exact) mass is 226 g/mol. The fraction of sp³-hybridized carbons (Fsp3) is 0.667. The van der Waals surface area contributed by atoms with Crippen LogP contribution >= 0.6 is 0 Å². The van der Waals surface area contributed by atoms with Crippen molar-refractivity contribution in [3.63, 3.8) is 0 Å². The van der Waals surface area contributed by atoms with E-state index < -0.39 is 16.9 Å². The summed E-state index contributed by atoms with van der Waals surface area (Å²) in [6.07, 6.45) is 2.12. The number of H-pyrrole nitrogens is 1. The van der Waals surface area contributed by atoms with Crippen LogP contribution in [0.2, 0.25) is 0 Å². The third-order valence-electron chi connectivity index (χ3n) is 2.22. The molecule has 1 aliphatic heterocycles. The highest BCUT2D eigenvalue weighted by Gasteiger charge is 2.32. The van der Waals surface area contributed by atoms with Crippen molar-refractivity contribution in [1.29, 1.82) is 0 Å². The van der Waals surface area contributed by atoms with Crippen molar-refractivity contribution in [2.45, 2.75) is 32.3 Å². The summed E-state index contributed by atoms with van der Waals surface area (Å²) >= 11 is 0. The van der Waals surface area contributed by atoms with Gasteiger partial charge in [0.25, 0.3) is 0 Å². The molecule has 0 bridgehead atoms. The van der Waals surface area contributed by atoms with Gasteiger partial charge in [-0.1, -0.05) is 0 Å². The summed E-state index contributed by atoms with van der Waals surface area (Å²) in [5.41, 5.74) is -1.46. The van der Waals surface area contributed by atoms with Gasteiger partial charge >= 0.3 is 11.1 Å². The Balaban J connectivity index is 2.14. The topological polar surface area (TPSA) is 86.2 Å². The highest BCUT2D eigenvalue weighted by molar-refractivity contribution is 4.77. The Morgan fingerprint density at radius 1 is 1.62 bits per heavy atom. The maximum Gasteiger partial charge on any atom is 0.330 e. The summed E-state index contributed by atoms with van der Waals surface area (Å²) in [5, 5.41) is 5.44. The lowest BCUT2D eigenvalue weighted by molar-refractivity contribution is -0.139. The minimum atomic E-state index is -0.767. The summed E-state index contributed by atoms with van der Waals surface area (Å²) in [6, 6.07) is 0. The molecule has 1 aromatic rings. The van der Waals surface area contributed by atoms with E-state index in [-0.39, 0.29) is 12.6 Å². The Morgan fingerprint density at radius 2 is 2.38 bits per heavy atom. The van der Waals surface area contributed by atoms with E-state index in [9.17, 15) is 9.59 Å². The Labute approximate surface area is 91.0 Å². The van der Waals surface area contributed by atoms with Crippen LogP contribution in [0.1, 0.15) is 13.8 Å². The summed E-state index contributed by atoms with van der Waals surface area (Å²) in [5.74, 6) is -0.650. The predicted molar refractivity (Wildman–Crippen MR) is 52.9 cm³/mol. The SMILES string of the molecule is CC1(C)OCC(Cn2[c]n[nH]c(=O)c2=O)O1. The zero-order valence-corrected chi connectivity index (χ0v) is 9.02. The van der Waals surface area contributed by atoms with Gasteiger partial charge in [-0.15, -0.1) is 0 Å². The molecule has 1 radical (unpaired) electrons. The number of nitrogens with zero attached hydrogens (tertiary/aromatic N) is 2. The molecular formula is C9H12N3O4. The van der Waals surface area contributed by atoms with Crippen molar-refractivity contribution in [2.24, 2.45) is 0 Å². The average Bonchev–Trinajstić information content (AvgIpc) is 2.53. The molecule has 7 heteroatoms. The maximum absolute atomic E-state index is 11.4. The van der Waals surface area contributed by atoms with Crippen molar-refractivity contribution in [1.82, 2.24) is 14.8 Å². The van der Waals surface area contributed by atoms with Crippen LogP contribution in [-0.2, 0) is 16.0 Å². The first-order valence-corrected chi connectivity index (χ1v) is 4.87. The minimum Gasteiger partial charge on any atom is -0.348 e. The molecule has 0 saturated carbocycles. The largest absolute Gasteiger partial charge is 0.348 e. The van der Waals surface area contributed by atoms with E-state index in [1.165, 1.54) is 0 Å². The molecule has 1 unspecified atom stereocenters. The van der Waals surface area contributed by atoms with Crippen LogP contribution in [0, 0.1) is 6.33 Å². The van der Waals surface area contributed by atoms with Gasteiger partial charge in [0, 0.05) is 0 Å². The number of hydrogen-bond acceptors (Lipinski definition) is 5. The van der Waals surface area contributed by atoms with Gasteiger partial charge < -0.3 is 9.47 Å². The van der Waals surface area contributed by atoms with Crippen molar-refractivity contribution in [2.75, 3.05) is 6.61 Å². The van der Waals surface area contributed by atoms with Crippen LogP contribution in [0.25, 0.3) is 0 Å². The zero-order valence-electron chi connectivity index (χ0n) is 9.02. The molecular weight excluding hydrogens is 214 g/mol. The molecule has 16 heavy (non-hydrogen) atoms. The minimum absolute atomic E-state index is 0.208. The Hall–Kier alpha value is -1.47. The van der Waals surface area contributed by atoms with Crippen LogP contribution in [0.15, 0.2) is 9.59 Å². The smallest absolute Gasteiger partial charge is 0.330 e. The second-order valence-corrected chi connectivity index (χ2v) is 4.02. The first-order chi connectivity index (χ1) is 7.48. The number of nitrogens with one attached hydrogen (secondary N) is 1. The van der Waals surface area contributed by atoms with E-state index in [1.807, 2.05) is 5.10 Å². The standard InChI is InChI=1S/C9H12N3O4/c1-9(2)15-4-6(16-9)3-12-5-10-11-7(13)8(12)14/h6H,3-4H2,1-2H3,(H,11,13). The van der Waals surface area contributed by atoms with E-state index in [2.05, 4.69) is 11.4 Å². The Bertz CT molecular complexity index is 490. The lowest BCUT2D eigenvalue weighted by atomic mass is 10.3. The van der Waals surface area contributed by atoms with Crippen molar-refractivity contribution in [3.05, 3.63) is 27.0 Å². The van der Waals surface area contributed by atoms with Crippen LogP contribution in [0.3, 0.4) is 0 Å². The maximum atomic E-state index is 11.4. The van der Waals surface area contributed by atoms with Crippen LogP contribution in [-0.4, -0.2) is 33.3 Å². The summed E-state index contributed by atoms with van der Waals surface area (Å²) in [6.45, 7) is 4.16. The first kappa shape index (κ1) is 11.0. The van der Waals surface area contributed by atoms with Gasteiger partial charge in [0.05, 0.1) is 13.2 Å². The average molecular weight is 226 g/mol. The van der Waals surface area contributed by atoms with E-state index in [0.29, 0.717) is 6.61 Å². The molecule has 1 N–H and O–H groups in total. The normalized spacial score (nSPS) is 23.5. The molecule has 1 saturated heterocycles. The van der Waals surface area contributed by atoms with E-state index in [0.717, 1.165) is 4.57 Å². The van der Waals surface area contributed by atoms with E-state index >= 15 is 0 Å². The van der Waals surface area contributed by atoms with Crippen LogP contribution < -0.4 is 11.1 Å². The van der Waals surface area contributed by atoms with Crippen molar-refractivity contribution in [3.8, 4) is 0 Å². The summed E-state index contributed by atoms with van der Waals surface area (Å²) < 4.78 is 11.9. The zero-order chi connectivity index (χ0) is 11.8. The number of aromatic amines is 1. The van der Waals surface area contributed by atoms with Crippen LogP contribution in [0.5, 0.6) is 0 Å². The van der Waals surface area contributed by atoms with Crippen molar-refractivity contribution < 1.29 is 9.47 Å². The Kier molecular flexibility index (Phi) is 2.64.